The van der Waals surface area contributed by atoms with Crippen LogP contribution in [0, 0.1) is 0 Å². The van der Waals surface area contributed by atoms with E-state index >= 15 is 0 Å². The van der Waals surface area contributed by atoms with Crippen LogP contribution in [-0.4, -0.2) is 20.8 Å². The van der Waals surface area contributed by atoms with Crippen LogP contribution < -0.4 is 14.8 Å². The van der Waals surface area contributed by atoms with Gasteiger partial charge >= 0.3 is 0 Å². The first-order chi connectivity index (χ1) is 10.3. The van der Waals surface area contributed by atoms with Crippen molar-refractivity contribution in [2.24, 2.45) is 0 Å². The molecule has 0 aliphatic heterocycles. The summed E-state index contributed by atoms with van der Waals surface area (Å²) in [6.07, 6.45) is 1.02. The van der Waals surface area contributed by atoms with Crippen molar-refractivity contribution in [3.63, 3.8) is 0 Å². The number of nitrogens with one attached hydrogen (secondary N) is 1. The Morgan fingerprint density at radius 1 is 1.00 bits per heavy atom. The Bertz CT molecular complexity index is 551. The van der Waals surface area contributed by atoms with E-state index < -0.39 is 0 Å². The summed E-state index contributed by atoms with van der Waals surface area (Å²) >= 11 is 0. The van der Waals surface area contributed by atoms with E-state index in [4.69, 9.17) is 9.47 Å². The molecule has 2 rings (SSSR count). The van der Waals surface area contributed by atoms with E-state index in [-0.39, 0.29) is 6.04 Å². The molecule has 1 N–H and O–H groups in total. The number of rotatable bonds is 7. The number of hydrogen-bond donors (Lipinski definition) is 1. The van der Waals surface area contributed by atoms with Gasteiger partial charge in [-0.3, -0.25) is 0 Å². The maximum absolute atomic E-state index is 5.63. The molecule has 0 saturated heterocycles. The molecule has 3 heteroatoms. The summed E-state index contributed by atoms with van der Waals surface area (Å²) < 4.78 is 10.9. The first-order valence-corrected chi connectivity index (χ1v) is 7.32. The summed E-state index contributed by atoms with van der Waals surface area (Å²) in [5, 5.41) is 3.35. The van der Waals surface area contributed by atoms with E-state index in [1.807, 2.05) is 31.3 Å². The molecular formula is C18H23NO2. The minimum absolute atomic E-state index is 0.139. The minimum atomic E-state index is 0.139. The SMILES string of the molecule is CCCOc1ccc(C(NC)c2cccc(OC)c2)cc1. The number of hydrogen-bond acceptors (Lipinski definition) is 3. The number of methoxy groups -OCH3 is 1. The van der Waals surface area contributed by atoms with Gasteiger partial charge < -0.3 is 14.8 Å². The number of ether oxygens (including phenoxy) is 2. The summed E-state index contributed by atoms with van der Waals surface area (Å²) in [5.41, 5.74) is 2.38. The monoisotopic (exact) mass is 285 g/mol. The van der Waals surface area contributed by atoms with Crippen LogP contribution in [0.25, 0.3) is 0 Å². The van der Waals surface area contributed by atoms with Gasteiger partial charge in [0.25, 0.3) is 0 Å². The molecule has 2 aromatic rings. The lowest BCUT2D eigenvalue weighted by Crippen LogP contribution is -2.17. The van der Waals surface area contributed by atoms with Crippen molar-refractivity contribution >= 4 is 0 Å². The molecule has 3 nitrogen and oxygen atoms in total. The van der Waals surface area contributed by atoms with E-state index in [1.54, 1.807) is 7.11 Å². The third-order valence-corrected chi connectivity index (χ3v) is 3.40. The smallest absolute Gasteiger partial charge is 0.119 e. The summed E-state index contributed by atoms with van der Waals surface area (Å²) in [5.74, 6) is 1.79. The van der Waals surface area contributed by atoms with Gasteiger partial charge in [0.15, 0.2) is 0 Å². The van der Waals surface area contributed by atoms with Crippen LogP contribution in [0.3, 0.4) is 0 Å². The van der Waals surface area contributed by atoms with Crippen molar-refractivity contribution in [1.29, 1.82) is 0 Å². The molecule has 0 saturated carbocycles. The molecule has 0 heterocycles. The van der Waals surface area contributed by atoms with Gasteiger partial charge in [0, 0.05) is 0 Å². The largest absolute Gasteiger partial charge is 0.497 e. The van der Waals surface area contributed by atoms with Crippen molar-refractivity contribution < 1.29 is 9.47 Å². The second kappa shape index (κ2) is 7.70. The van der Waals surface area contributed by atoms with E-state index in [9.17, 15) is 0 Å². The van der Waals surface area contributed by atoms with Crippen LogP contribution in [0.1, 0.15) is 30.5 Å². The fourth-order valence-corrected chi connectivity index (χ4v) is 2.32. The van der Waals surface area contributed by atoms with Gasteiger partial charge in [-0.05, 0) is 48.9 Å². The lowest BCUT2D eigenvalue weighted by molar-refractivity contribution is 0.317. The van der Waals surface area contributed by atoms with Crippen LogP contribution >= 0.6 is 0 Å². The first-order valence-electron chi connectivity index (χ1n) is 7.32. The Labute approximate surface area is 126 Å². The molecule has 0 radical (unpaired) electrons. The second-order valence-corrected chi connectivity index (χ2v) is 4.92. The predicted octanol–water partition coefficient (Wildman–Crippen LogP) is 3.79. The Morgan fingerprint density at radius 2 is 1.76 bits per heavy atom. The van der Waals surface area contributed by atoms with E-state index in [2.05, 4.69) is 36.5 Å². The molecule has 0 amide bonds. The zero-order valence-electron chi connectivity index (χ0n) is 12.9. The van der Waals surface area contributed by atoms with Gasteiger partial charge in [-0.1, -0.05) is 31.2 Å². The Hall–Kier alpha value is -2.00. The van der Waals surface area contributed by atoms with Crippen molar-refractivity contribution in [1.82, 2.24) is 5.32 Å². The van der Waals surface area contributed by atoms with Crippen LogP contribution in [0.15, 0.2) is 48.5 Å². The average Bonchev–Trinajstić information content (AvgIpc) is 2.55. The summed E-state index contributed by atoms with van der Waals surface area (Å²) in [4.78, 5) is 0. The van der Waals surface area contributed by atoms with Crippen LogP contribution in [0.4, 0.5) is 0 Å². The molecule has 0 aromatic heterocycles. The van der Waals surface area contributed by atoms with Crippen LogP contribution in [0.2, 0.25) is 0 Å². The molecule has 0 aliphatic carbocycles. The number of benzene rings is 2. The zero-order chi connectivity index (χ0) is 15.1. The normalized spacial score (nSPS) is 12.0. The third kappa shape index (κ3) is 3.99. The summed E-state index contributed by atoms with van der Waals surface area (Å²) in [6, 6.07) is 16.5. The van der Waals surface area contributed by atoms with Crippen molar-refractivity contribution in [2.45, 2.75) is 19.4 Å². The first kappa shape index (κ1) is 15.4. The highest BCUT2D eigenvalue weighted by molar-refractivity contribution is 5.38. The molecule has 21 heavy (non-hydrogen) atoms. The topological polar surface area (TPSA) is 30.5 Å². The Kier molecular flexibility index (Phi) is 5.64. The molecular weight excluding hydrogens is 262 g/mol. The third-order valence-electron chi connectivity index (χ3n) is 3.40. The Balaban J connectivity index is 2.20. The van der Waals surface area contributed by atoms with Crippen LogP contribution in [-0.2, 0) is 0 Å². The van der Waals surface area contributed by atoms with E-state index in [0.717, 1.165) is 24.5 Å². The van der Waals surface area contributed by atoms with Crippen molar-refractivity contribution in [3.8, 4) is 11.5 Å². The standard InChI is InChI=1S/C18H23NO2/c1-4-12-21-16-10-8-14(9-11-16)18(19-2)15-6-5-7-17(13-15)20-3/h5-11,13,18-19H,4,12H2,1-3H3. The average molecular weight is 285 g/mol. The van der Waals surface area contributed by atoms with Gasteiger partial charge in [-0.2, -0.15) is 0 Å². The fourth-order valence-electron chi connectivity index (χ4n) is 2.32. The van der Waals surface area contributed by atoms with E-state index in [0.29, 0.717) is 0 Å². The lowest BCUT2D eigenvalue weighted by atomic mass is 9.98. The molecule has 112 valence electrons. The van der Waals surface area contributed by atoms with Gasteiger partial charge in [0.05, 0.1) is 19.8 Å². The quantitative estimate of drug-likeness (QED) is 0.839. The molecule has 1 atom stereocenters. The van der Waals surface area contributed by atoms with Gasteiger partial charge in [0.1, 0.15) is 11.5 Å². The second-order valence-electron chi connectivity index (χ2n) is 4.92. The van der Waals surface area contributed by atoms with Crippen molar-refractivity contribution in [2.75, 3.05) is 20.8 Å². The highest BCUT2D eigenvalue weighted by atomic mass is 16.5. The predicted molar refractivity (Wildman–Crippen MR) is 86.1 cm³/mol. The maximum atomic E-state index is 5.63. The molecule has 1 unspecified atom stereocenters. The van der Waals surface area contributed by atoms with Gasteiger partial charge in [-0.15, -0.1) is 0 Å². The zero-order valence-corrected chi connectivity index (χ0v) is 12.9. The molecule has 0 spiro atoms. The van der Waals surface area contributed by atoms with Crippen LogP contribution in [0.5, 0.6) is 11.5 Å². The minimum Gasteiger partial charge on any atom is -0.497 e. The fraction of sp³-hybridized carbons (Fsp3) is 0.333. The van der Waals surface area contributed by atoms with Crippen molar-refractivity contribution in [3.05, 3.63) is 59.7 Å². The Morgan fingerprint density at radius 3 is 2.38 bits per heavy atom. The van der Waals surface area contributed by atoms with Gasteiger partial charge in [-0.25, -0.2) is 0 Å². The highest BCUT2D eigenvalue weighted by Gasteiger charge is 2.12. The molecule has 0 aliphatic rings. The summed E-state index contributed by atoms with van der Waals surface area (Å²) in [6.45, 7) is 2.86. The van der Waals surface area contributed by atoms with E-state index in [1.165, 1.54) is 11.1 Å². The van der Waals surface area contributed by atoms with Gasteiger partial charge in [0.2, 0.25) is 0 Å². The highest BCUT2D eigenvalue weighted by Crippen LogP contribution is 2.26. The molecule has 0 bridgehead atoms. The summed E-state index contributed by atoms with van der Waals surface area (Å²) in [7, 11) is 3.65. The maximum Gasteiger partial charge on any atom is 0.119 e. The lowest BCUT2D eigenvalue weighted by Gasteiger charge is -2.18. The molecule has 2 aromatic carbocycles. The molecule has 0 fully saturated rings.